The zero-order chi connectivity index (χ0) is 22.3. The number of carbonyl (C=O) groups is 3. The molecule has 1 fully saturated rings. The topological polar surface area (TPSA) is 90.0 Å². The third-order valence-corrected chi connectivity index (χ3v) is 4.99. The lowest BCUT2D eigenvalue weighted by atomic mass is 10.0. The highest BCUT2D eigenvalue weighted by atomic mass is 16.3. The average molecular weight is 412 g/mol. The zero-order valence-electron chi connectivity index (χ0n) is 17.9. The number of hydrogen-bond donors (Lipinski definition) is 2. The first-order valence-electron chi connectivity index (χ1n) is 9.81. The second-order valence-corrected chi connectivity index (χ2v) is 7.52. The van der Waals surface area contributed by atoms with Gasteiger partial charge in [0.25, 0.3) is 6.47 Å². The van der Waals surface area contributed by atoms with Gasteiger partial charge in [-0.05, 0) is 63.7 Å². The summed E-state index contributed by atoms with van der Waals surface area (Å²) in [6.07, 6.45) is 1.51. The van der Waals surface area contributed by atoms with Crippen molar-refractivity contribution in [2.45, 2.75) is 32.7 Å². The molecular formula is C23H29N3O4. The van der Waals surface area contributed by atoms with Crippen molar-refractivity contribution in [3.63, 3.8) is 0 Å². The number of carbonyl (C=O) groups excluding carboxylic acids is 2. The Labute approximate surface area is 177 Å². The number of nitrogens with zero attached hydrogens (tertiary/aromatic N) is 2. The van der Waals surface area contributed by atoms with E-state index >= 15 is 0 Å². The molecule has 30 heavy (non-hydrogen) atoms. The third kappa shape index (κ3) is 5.67. The molecule has 1 unspecified atom stereocenters. The molecule has 0 bridgehead atoms. The first kappa shape index (κ1) is 23.1. The van der Waals surface area contributed by atoms with Crippen LogP contribution in [-0.4, -0.2) is 48.9 Å². The van der Waals surface area contributed by atoms with Crippen LogP contribution >= 0.6 is 0 Å². The maximum Gasteiger partial charge on any atom is 0.290 e. The highest BCUT2D eigenvalue weighted by molar-refractivity contribution is 5.98. The van der Waals surface area contributed by atoms with E-state index in [1.807, 2.05) is 80.2 Å². The van der Waals surface area contributed by atoms with Gasteiger partial charge in [-0.25, -0.2) is 0 Å². The van der Waals surface area contributed by atoms with E-state index in [0.29, 0.717) is 6.42 Å². The molecule has 7 heteroatoms. The summed E-state index contributed by atoms with van der Waals surface area (Å²) in [5.74, 6) is 0.0928. The molecule has 160 valence electrons. The van der Waals surface area contributed by atoms with Gasteiger partial charge < -0.3 is 15.3 Å². The summed E-state index contributed by atoms with van der Waals surface area (Å²) in [5.41, 5.74) is 4.78. The fourth-order valence-electron chi connectivity index (χ4n) is 3.58. The quantitative estimate of drug-likeness (QED) is 0.737. The summed E-state index contributed by atoms with van der Waals surface area (Å²) < 4.78 is 0. The van der Waals surface area contributed by atoms with Crippen LogP contribution in [0.15, 0.2) is 42.5 Å². The lowest BCUT2D eigenvalue weighted by molar-refractivity contribution is -0.123. The van der Waals surface area contributed by atoms with E-state index in [2.05, 4.69) is 5.32 Å². The van der Waals surface area contributed by atoms with Crippen molar-refractivity contribution in [1.29, 1.82) is 0 Å². The van der Waals surface area contributed by atoms with Crippen molar-refractivity contribution in [2.75, 3.05) is 30.9 Å². The van der Waals surface area contributed by atoms with Crippen LogP contribution in [-0.2, 0) is 14.4 Å². The highest BCUT2D eigenvalue weighted by Crippen LogP contribution is 2.28. The fourth-order valence-corrected chi connectivity index (χ4v) is 3.58. The molecule has 2 aromatic rings. The first-order valence-corrected chi connectivity index (χ1v) is 9.81. The van der Waals surface area contributed by atoms with Crippen LogP contribution < -0.4 is 10.2 Å². The maximum atomic E-state index is 12.9. The Hall–Kier alpha value is -3.19. The van der Waals surface area contributed by atoms with Gasteiger partial charge in [-0.2, -0.15) is 0 Å². The van der Waals surface area contributed by atoms with Crippen LogP contribution in [0.3, 0.4) is 0 Å². The van der Waals surface area contributed by atoms with Crippen molar-refractivity contribution in [3.05, 3.63) is 59.2 Å². The van der Waals surface area contributed by atoms with Crippen molar-refractivity contribution < 1.29 is 19.5 Å². The second-order valence-electron chi connectivity index (χ2n) is 7.52. The lowest BCUT2D eigenvalue weighted by Crippen LogP contribution is -2.32. The van der Waals surface area contributed by atoms with Gasteiger partial charge >= 0.3 is 0 Å². The Kier molecular flexibility index (Phi) is 8.12. The molecule has 1 aliphatic heterocycles. The first-order chi connectivity index (χ1) is 14.3. The minimum Gasteiger partial charge on any atom is -0.483 e. The normalized spacial score (nSPS) is 14.2. The number of hydrogen-bond acceptors (Lipinski definition) is 4. The van der Waals surface area contributed by atoms with Crippen LogP contribution in [0.1, 0.15) is 35.6 Å². The minimum atomic E-state index is -0.370. The number of anilines is 2. The lowest BCUT2D eigenvalue weighted by Gasteiger charge is -2.24. The standard InChI is InChI=1S/C22H27N3O2.CH2O2/c1-15-7-9-17(10-8-15)21(24(3)4)22(27)23-18-11-12-19(16(2)14-18)25-13-5-6-20(25)26;2-1-3/h7-12,14,21H,5-6,13H2,1-4H3,(H,23,27);1H,(H,2,3). The van der Waals surface area contributed by atoms with E-state index in [9.17, 15) is 9.59 Å². The number of nitrogens with one attached hydrogen (secondary N) is 1. The maximum absolute atomic E-state index is 12.9. The number of carboxylic acid groups (broad SMARTS) is 1. The van der Waals surface area contributed by atoms with E-state index in [4.69, 9.17) is 9.90 Å². The van der Waals surface area contributed by atoms with Crippen molar-refractivity contribution in [2.24, 2.45) is 0 Å². The molecule has 1 aliphatic rings. The van der Waals surface area contributed by atoms with E-state index in [-0.39, 0.29) is 24.3 Å². The molecule has 0 saturated carbocycles. The number of rotatable bonds is 5. The van der Waals surface area contributed by atoms with E-state index in [0.717, 1.165) is 35.5 Å². The number of amides is 2. The molecule has 1 saturated heterocycles. The smallest absolute Gasteiger partial charge is 0.290 e. The van der Waals surface area contributed by atoms with Crippen LogP contribution in [0, 0.1) is 13.8 Å². The fraction of sp³-hybridized carbons (Fsp3) is 0.348. The minimum absolute atomic E-state index is 0.0757. The van der Waals surface area contributed by atoms with Gasteiger partial charge in [0.2, 0.25) is 11.8 Å². The molecule has 1 atom stereocenters. The summed E-state index contributed by atoms with van der Waals surface area (Å²) >= 11 is 0. The molecule has 2 N–H and O–H groups in total. The molecule has 3 rings (SSSR count). The summed E-state index contributed by atoms with van der Waals surface area (Å²) in [5, 5.41) is 9.91. The Morgan fingerprint density at radius 2 is 1.80 bits per heavy atom. The molecule has 0 aliphatic carbocycles. The SMILES string of the molecule is Cc1ccc(C(C(=O)Nc2ccc(N3CCCC3=O)c(C)c2)N(C)C)cc1.O=CO. The van der Waals surface area contributed by atoms with Crippen molar-refractivity contribution in [1.82, 2.24) is 4.90 Å². The zero-order valence-corrected chi connectivity index (χ0v) is 17.9. The van der Waals surface area contributed by atoms with Gasteiger partial charge in [0.05, 0.1) is 0 Å². The van der Waals surface area contributed by atoms with Gasteiger partial charge in [-0.15, -0.1) is 0 Å². The van der Waals surface area contributed by atoms with E-state index in [1.54, 1.807) is 0 Å². The largest absolute Gasteiger partial charge is 0.483 e. The molecule has 1 heterocycles. The Morgan fingerprint density at radius 3 is 2.30 bits per heavy atom. The molecule has 0 aromatic heterocycles. The van der Waals surface area contributed by atoms with Crippen LogP contribution in [0.2, 0.25) is 0 Å². The van der Waals surface area contributed by atoms with Gasteiger partial charge in [0.15, 0.2) is 0 Å². The van der Waals surface area contributed by atoms with Gasteiger partial charge in [-0.3, -0.25) is 19.3 Å². The van der Waals surface area contributed by atoms with Crippen molar-refractivity contribution in [3.8, 4) is 0 Å². The Morgan fingerprint density at radius 1 is 1.17 bits per heavy atom. The summed E-state index contributed by atoms with van der Waals surface area (Å²) in [7, 11) is 3.80. The number of likely N-dealkylation sites (N-methyl/N-ethyl adjacent to an activating group) is 1. The van der Waals surface area contributed by atoms with Crippen LogP contribution in [0.5, 0.6) is 0 Å². The predicted molar refractivity (Wildman–Crippen MR) is 118 cm³/mol. The summed E-state index contributed by atoms with van der Waals surface area (Å²) in [6.45, 7) is 4.52. The predicted octanol–water partition coefficient (Wildman–Crippen LogP) is 3.37. The summed E-state index contributed by atoms with van der Waals surface area (Å²) in [4.78, 5) is 37.0. The number of aryl methyl sites for hydroxylation is 2. The monoisotopic (exact) mass is 411 g/mol. The molecule has 7 nitrogen and oxygen atoms in total. The van der Waals surface area contributed by atoms with Crippen LogP contribution in [0.4, 0.5) is 11.4 Å². The van der Waals surface area contributed by atoms with Crippen LogP contribution in [0.25, 0.3) is 0 Å². The molecule has 0 spiro atoms. The van der Waals surface area contributed by atoms with E-state index < -0.39 is 0 Å². The third-order valence-electron chi connectivity index (χ3n) is 4.99. The molecule has 0 radical (unpaired) electrons. The Bertz CT molecular complexity index is 894. The van der Waals surface area contributed by atoms with Gasteiger partial charge in [0.1, 0.15) is 6.04 Å². The van der Waals surface area contributed by atoms with Gasteiger partial charge in [-0.1, -0.05) is 29.8 Å². The molecule has 2 aromatic carbocycles. The summed E-state index contributed by atoms with van der Waals surface area (Å²) in [6, 6.07) is 13.4. The highest BCUT2D eigenvalue weighted by Gasteiger charge is 2.25. The number of benzene rings is 2. The molecule has 2 amide bonds. The molecular weight excluding hydrogens is 382 g/mol. The Balaban J connectivity index is 0.00000101. The second kappa shape index (κ2) is 10.5. The van der Waals surface area contributed by atoms with Crippen molar-refractivity contribution >= 4 is 29.7 Å². The average Bonchev–Trinajstić information content (AvgIpc) is 3.10. The van der Waals surface area contributed by atoms with Gasteiger partial charge in [0, 0.05) is 24.3 Å². The van der Waals surface area contributed by atoms with E-state index in [1.165, 1.54) is 5.56 Å².